The number of piperazine rings is 1. The summed E-state index contributed by atoms with van der Waals surface area (Å²) in [6.45, 7) is 3.85. The van der Waals surface area contributed by atoms with Gasteiger partial charge >= 0.3 is 0 Å². The van der Waals surface area contributed by atoms with E-state index in [1.165, 1.54) is 19.4 Å². The maximum atomic E-state index is 12.4. The van der Waals surface area contributed by atoms with Crippen molar-refractivity contribution in [2.24, 2.45) is 0 Å². The number of nitrogens with zero attached hydrogens (tertiary/aromatic N) is 3. The van der Waals surface area contributed by atoms with Crippen LogP contribution in [0.4, 0.5) is 5.82 Å². The van der Waals surface area contributed by atoms with Gasteiger partial charge in [-0.2, -0.15) is 0 Å². The molecule has 2 aliphatic heterocycles. The van der Waals surface area contributed by atoms with Gasteiger partial charge in [0, 0.05) is 37.4 Å². The van der Waals surface area contributed by atoms with Gasteiger partial charge < -0.3 is 10.6 Å². The Morgan fingerprint density at radius 3 is 3.11 bits per heavy atom. The van der Waals surface area contributed by atoms with E-state index >= 15 is 0 Å². The van der Waals surface area contributed by atoms with Gasteiger partial charge in [0.15, 0.2) is 0 Å². The van der Waals surface area contributed by atoms with Crippen molar-refractivity contribution in [2.45, 2.75) is 18.9 Å². The van der Waals surface area contributed by atoms with Crippen molar-refractivity contribution in [3.05, 3.63) is 23.9 Å². The molecule has 2 aliphatic rings. The van der Waals surface area contributed by atoms with Gasteiger partial charge in [-0.3, -0.25) is 9.69 Å². The fourth-order valence-electron chi connectivity index (χ4n) is 2.94. The van der Waals surface area contributed by atoms with Gasteiger partial charge in [0.05, 0.1) is 0 Å². The average Bonchev–Trinajstić information content (AvgIpc) is 2.85. The van der Waals surface area contributed by atoms with Crippen LogP contribution in [0.15, 0.2) is 18.3 Å². The molecule has 3 rings (SSSR count). The van der Waals surface area contributed by atoms with Crippen molar-refractivity contribution in [2.75, 3.05) is 31.9 Å². The maximum absolute atomic E-state index is 12.4. The molecule has 1 aromatic rings. The predicted octanol–water partition coefficient (Wildman–Crippen LogP) is 0.584. The van der Waals surface area contributed by atoms with E-state index in [2.05, 4.69) is 9.88 Å². The van der Waals surface area contributed by atoms with Gasteiger partial charge in [0.25, 0.3) is 5.91 Å². The van der Waals surface area contributed by atoms with Crippen LogP contribution in [0.1, 0.15) is 23.2 Å². The van der Waals surface area contributed by atoms with E-state index in [0.29, 0.717) is 17.4 Å². The predicted molar refractivity (Wildman–Crippen MR) is 69.1 cm³/mol. The molecule has 0 saturated carbocycles. The summed E-state index contributed by atoms with van der Waals surface area (Å²) in [7, 11) is 0. The van der Waals surface area contributed by atoms with Crippen molar-refractivity contribution < 1.29 is 4.79 Å². The van der Waals surface area contributed by atoms with Crippen LogP contribution in [0.25, 0.3) is 0 Å². The SMILES string of the molecule is Nc1cc(C(=O)N2CCN3CCCC3C2)ccn1. The van der Waals surface area contributed by atoms with Crippen molar-refractivity contribution in [1.82, 2.24) is 14.8 Å². The Morgan fingerprint density at radius 1 is 1.39 bits per heavy atom. The van der Waals surface area contributed by atoms with Crippen molar-refractivity contribution in [3.8, 4) is 0 Å². The highest BCUT2D eigenvalue weighted by molar-refractivity contribution is 5.94. The molecule has 18 heavy (non-hydrogen) atoms. The summed E-state index contributed by atoms with van der Waals surface area (Å²) in [5, 5.41) is 0. The standard InChI is InChI=1S/C13H18N4O/c14-12-8-10(3-4-15-12)13(18)17-7-6-16-5-1-2-11(16)9-17/h3-4,8,11H,1-2,5-7,9H2,(H2,14,15). The van der Waals surface area contributed by atoms with E-state index in [1.807, 2.05) is 4.90 Å². The number of carbonyl (C=O) groups excluding carboxylic acids is 1. The third kappa shape index (κ3) is 2.06. The molecule has 0 aliphatic carbocycles. The number of hydrogen-bond donors (Lipinski definition) is 1. The molecule has 2 saturated heterocycles. The smallest absolute Gasteiger partial charge is 0.254 e. The molecule has 2 N–H and O–H groups in total. The zero-order chi connectivity index (χ0) is 12.5. The third-order valence-corrected chi connectivity index (χ3v) is 3.90. The summed E-state index contributed by atoms with van der Waals surface area (Å²) < 4.78 is 0. The van der Waals surface area contributed by atoms with E-state index in [4.69, 9.17) is 5.73 Å². The minimum atomic E-state index is 0.0793. The lowest BCUT2D eigenvalue weighted by Gasteiger charge is -2.37. The molecule has 1 amide bonds. The van der Waals surface area contributed by atoms with Gasteiger partial charge in [0.1, 0.15) is 5.82 Å². The summed E-state index contributed by atoms with van der Waals surface area (Å²) in [6, 6.07) is 3.95. The second-order valence-corrected chi connectivity index (χ2v) is 5.05. The summed E-state index contributed by atoms with van der Waals surface area (Å²) in [4.78, 5) is 20.7. The molecule has 2 fully saturated rings. The van der Waals surface area contributed by atoms with E-state index < -0.39 is 0 Å². The number of nitrogen functional groups attached to an aromatic ring is 1. The maximum Gasteiger partial charge on any atom is 0.254 e. The van der Waals surface area contributed by atoms with Crippen LogP contribution >= 0.6 is 0 Å². The monoisotopic (exact) mass is 246 g/mol. The summed E-state index contributed by atoms with van der Waals surface area (Å²) in [5.41, 5.74) is 6.27. The molecular formula is C13H18N4O. The second-order valence-electron chi connectivity index (χ2n) is 5.05. The highest BCUT2D eigenvalue weighted by atomic mass is 16.2. The first-order valence-corrected chi connectivity index (χ1v) is 6.49. The Labute approximate surface area is 107 Å². The molecule has 5 heteroatoms. The van der Waals surface area contributed by atoms with Gasteiger partial charge in [-0.1, -0.05) is 0 Å². The minimum Gasteiger partial charge on any atom is -0.384 e. The molecule has 5 nitrogen and oxygen atoms in total. The molecule has 96 valence electrons. The van der Waals surface area contributed by atoms with E-state index in [1.54, 1.807) is 18.3 Å². The van der Waals surface area contributed by atoms with E-state index in [9.17, 15) is 4.79 Å². The molecule has 1 unspecified atom stereocenters. The minimum absolute atomic E-state index is 0.0793. The van der Waals surface area contributed by atoms with Crippen LogP contribution in [0.5, 0.6) is 0 Å². The lowest BCUT2D eigenvalue weighted by Crippen LogP contribution is -2.52. The molecule has 1 aromatic heterocycles. The van der Waals surface area contributed by atoms with Gasteiger partial charge in [-0.25, -0.2) is 4.98 Å². The van der Waals surface area contributed by atoms with Crippen molar-refractivity contribution >= 4 is 11.7 Å². The molecule has 0 bridgehead atoms. The Hall–Kier alpha value is -1.62. The Bertz CT molecular complexity index is 462. The average molecular weight is 246 g/mol. The summed E-state index contributed by atoms with van der Waals surface area (Å²) >= 11 is 0. The number of hydrogen-bond acceptors (Lipinski definition) is 4. The number of nitrogens with two attached hydrogens (primary N) is 1. The fourth-order valence-corrected chi connectivity index (χ4v) is 2.94. The lowest BCUT2D eigenvalue weighted by atomic mass is 10.1. The molecular weight excluding hydrogens is 228 g/mol. The zero-order valence-corrected chi connectivity index (χ0v) is 10.4. The molecule has 0 aromatic carbocycles. The third-order valence-electron chi connectivity index (χ3n) is 3.90. The Balaban J connectivity index is 1.73. The van der Waals surface area contributed by atoms with E-state index in [-0.39, 0.29) is 5.91 Å². The van der Waals surface area contributed by atoms with E-state index in [0.717, 1.165) is 19.6 Å². The van der Waals surface area contributed by atoms with Crippen LogP contribution < -0.4 is 5.73 Å². The number of carbonyl (C=O) groups is 1. The van der Waals surface area contributed by atoms with Crippen LogP contribution in [-0.4, -0.2) is 52.9 Å². The topological polar surface area (TPSA) is 62.5 Å². The summed E-state index contributed by atoms with van der Waals surface area (Å²) in [6.07, 6.45) is 4.06. The van der Waals surface area contributed by atoms with Crippen molar-refractivity contribution in [1.29, 1.82) is 0 Å². The molecule has 0 radical (unpaired) electrons. The molecule has 0 spiro atoms. The Kier molecular flexibility index (Phi) is 2.91. The molecule has 1 atom stereocenters. The Morgan fingerprint density at radius 2 is 2.28 bits per heavy atom. The van der Waals surface area contributed by atoms with Gasteiger partial charge in [-0.05, 0) is 31.5 Å². The van der Waals surface area contributed by atoms with Crippen LogP contribution in [-0.2, 0) is 0 Å². The number of fused-ring (bicyclic) bond motifs is 1. The highest BCUT2D eigenvalue weighted by Gasteiger charge is 2.32. The van der Waals surface area contributed by atoms with Crippen LogP contribution in [0.2, 0.25) is 0 Å². The second kappa shape index (κ2) is 4.57. The fraction of sp³-hybridized carbons (Fsp3) is 0.538. The number of rotatable bonds is 1. The van der Waals surface area contributed by atoms with Gasteiger partial charge in [-0.15, -0.1) is 0 Å². The molecule has 3 heterocycles. The van der Waals surface area contributed by atoms with Crippen LogP contribution in [0.3, 0.4) is 0 Å². The number of aromatic nitrogens is 1. The lowest BCUT2D eigenvalue weighted by molar-refractivity contribution is 0.0571. The first-order chi connectivity index (χ1) is 8.74. The zero-order valence-electron chi connectivity index (χ0n) is 10.4. The quantitative estimate of drug-likeness (QED) is 0.787. The normalized spacial score (nSPS) is 24.0. The summed E-state index contributed by atoms with van der Waals surface area (Å²) in [5.74, 6) is 0.482. The van der Waals surface area contributed by atoms with Crippen molar-refractivity contribution in [3.63, 3.8) is 0 Å². The number of amides is 1. The largest absolute Gasteiger partial charge is 0.384 e. The highest BCUT2D eigenvalue weighted by Crippen LogP contribution is 2.22. The number of pyridine rings is 1. The van der Waals surface area contributed by atoms with Crippen LogP contribution in [0, 0.1) is 0 Å². The first kappa shape index (κ1) is 11.5. The number of anilines is 1. The van der Waals surface area contributed by atoms with Gasteiger partial charge in [0.2, 0.25) is 0 Å². The first-order valence-electron chi connectivity index (χ1n) is 6.49.